The van der Waals surface area contributed by atoms with Gasteiger partial charge in [-0.3, -0.25) is 4.79 Å². The molecule has 0 saturated carbocycles. The molecule has 0 aliphatic carbocycles. The molecule has 7 heteroatoms. The van der Waals surface area contributed by atoms with Crippen molar-refractivity contribution >= 4 is 13.2 Å². The Kier molecular flexibility index (Phi) is 4.51. The van der Waals surface area contributed by atoms with Crippen LogP contribution in [-0.4, -0.2) is 42.0 Å². The first-order valence-corrected chi connectivity index (χ1v) is 7.29. The van der Waals surface area contributed by atoms with Gasteiger partial charge in [0, 0.05) is 12.7 Å². The highest BCUT2D eigenvalue weighted by atomic mass is 16.7. The Bertz CT molecular complexity index is 621. The lowest BCUT2D eigenvalue weighted by Crippen LogP contribution is -2.41. The van der Waals surface area contributed by atoms with Crippen LogP contribution in [0.4, 0.5) is 0 Å². The number of hydrogen-bond donors (Lipinski definition) is 3. The predicted molar refractivity (Wildman–Crippen MR) is 86.7 cm³/mol. The number of aromatic nitrogens is 1. The lowest BCUT2D eigenvalue weighted by molar-refractivity contribution is 0.00578. The van der Waals surface area contributed by atoms with Gasteiger partial charge in [0.2, 0.25) is 0 Å². The molecule has 0 amide bonds. The van der Waals surface area contributed by atoms with Crippen molar-refractivity contribution in [1.82, 2.24) is 10.3 Å². The molecule has 3 N–H and O–H groups in total. The van der Waals surface area contributed by atoms with E-state index in [0.29, 0.717) is 12.1 Å². The summed E-state index contributed by atoms with van der Waals surface area (Å²) < 4.78 is 12.1. The fourth-order valence-electron chi connectivity index (χ4n) is 2.19. The van der Waals surface area contributed by atoms with Crippen molar-refractivity contribution in [3.8, 4) is 5.75 Å². The summed E-state index contributed by atoms with van der Waals surface area (Å²) in [6.45, 7) is 8.55. The maximum atomic E-state index is 11.2. The predicted octanol–water partition coefficient (Wildman–Crippen LogP) is 1.31. The monoisotopic (exact) mass is 306 g/mol. The number of likely N-dealkylation sites (N-methyl/N-ethyl adjacent to an activating group) is 1. The van der Waals surface area contributed by atoms with Gasteiger partial charge in [-0.15, -0.1) is 0 Å². The van der Waals surface area contributed by atoms with E-state index in [1.165, 1.54) is 6.07 Å². The molecule has 1 aliphatic rings. The Labute approximate surface area is 130 Å². The topological polar surface area (TPSA) is 83.6 Å². The van der Waals surface area contributed by atoms with Crippen LogP contribution in [0.3, 0.4) is 0 Å². The molecule has 1 aliphatic heterocycles. The zero-order valence-corrected chi connectivity index (χ0v) is 13.7. The van der Waals surface area contributed by atoms with E-state index < -0.39 is 23.9 Å². The third-order valence-electron chi connectivity index (χ3n) is 4.19. The molecule has 120 valence electrons. The molecule has 1 fully saturated rings. The van der Waals surface area contributed by atoms with Crippen LogP contribution in [0, 0.1) is 0 Å². The summed E-state index contributed by atoms with van der Waals surface area (Å²) in [5.41, 5.74) is 0.211. The second-order valence-corrected chi connectivity index (χ2v) is 6.49. The Balaban J connectivity index is 2.33. The summed E-state index contributed by atoms with van der Waals surface area (Å²) in [6, 6.07) is 1.42. The molecule has 0 spiro atoms. The van der Waals surface area contributed by atoms with E-state index in [4.69, 9.17) is 9.31 Å². The van der Waals surface area contributed by atoms with Crippen LogP contribution >= 0.6 is 0 Å². The molecule has 1 aromatic heterocycles. The van der Waals surface area contributed by atoms with Gasteiger partial charge in [-0.25, -0.2) is 0 Å². The van der Waals surface area contributed by atoms with Crippen LogP contribution in [0.25, 0.3) is 6.08 Å². The fraction of sp³-hybridized carbons (Fsp3) is 0.533. The van der Waals surface area contributed by atoms with Gasteiger partial charge in [-0.1, -0.05) is 6.08 Å². The summed E-state index contributed by atoms with van der Waals surface area (Å²) in [4.78, 5) is 13.7. The molecular formula is C15H23BN2O4. The second-order valence-electron chi connectivity index (χ2n) is 6.49. The Morgan fingerprint density at radius 2 is 1.95 bits per heavy atom. The normalized spacial score (nSPS) is 20.4. The van der Waals surface area contributed by atoms with Gasteiger partial charge >= 0.3 is 7.12 Å². The van der Waals surface area contributed by atoms with E-state index in [0.717, 1.165) is 5.47 Å². The Morgan fingerprint density at radius 3 is 2.45 bits per heavy atom. The molecule has 0 aromatic carbocycles. The molecule has 22 heavy (non-hydrogen) atoms. The Hall–Kier alpha value is -1.57. The standard InChI is InChI=1S/C15H23BN2O4/c1-14(2)15(3,4)22-16(21-14)11(9-17-5)6-10-7-12(19)13(20)18-8-10/h6-8,17,19H,9H2,1-5H3,(H,18,20). The smallest absolute Gasteiger partial charge is 0.491 e. The number of rotatable bonds is 4. The highest BCUT2D eigenvalue weighted by molar-refractivity contribution is 6.55. The zero-order chi connectivity index (χ0) is 16.5. The Morgan fingerprint density at radius 1 is 1.36 bits per heavy atom. The lowest BCUT2D eigenvalue weighted by Gasteiger charge is -2.32. The van der Waals surface area contributed by atoms with E-state index in [9.17, 15) is 9.90 Å². The largest absolute Gasteiger partial charge is 0.503 e. The minimum absolute atomic E-state index is 0.313. The number of hydrogen-bond acceptors (Lipinski definition) is 5. The molecule has 2 rings (SSSR count). The van der Waals surface area contributed by atoms with Crippen LogP contribution in [0.1, 0.15) is 33.3 Å². The van der Waals surface area contributed by atoms with Gasteiger partial charge in [-0.05, 0) is 51.8 Å². The highest BCUT2D eigenvalue weighted by Gasteiger charge is 2.52. The summed E-state index contributed by atoms with van der Waals surface area (Å²) in [5.74, 6) is -0.313. The molecule has 0 bridgehead atoms. The van der Waals surface area contributed by atoms with Crippen LogP contribution in [0.15, 0.2) is 22.5 Å². The molecule has 6 nitrogen and oxygen atoms in total. The number of nitrogens with one attached hydrogen (secondary N) is 2. The summed E-state index contributed by atoms with van der Waals surface area (Å²) in [7, 11) is 1.36. The minimum Gasteiger partial charge on any atom is -0.503 e. The average Bonchev–Trinajstić information content (AvgIpc) is 2.62. The van der Waals surface area contributed by atoms with Crippen molar-refractivity contribution in [3.05, 3.63) is 33.7 Å². The summed E-state index contributed by atoms with van der Waals surface area (Å²) in [5, 5.41) is 12.6. The number of H-pyrrole nitrogens is 1. The SMILES string of the molecule is CNCC(=Cc1c[nH]c(=O)c(O)c1)B1OC(C)(C)C(C)(C)O1. The first kappa shape index (κ1) is 16.8. The number of aromatic amines is 1. The molecular weight excluding hydrogens is 283 g/mol. The van der Waals surface area contributed by atoms with E-state index in [-0.39, 0.29) is 5.75 Å². The first-order chi connectivity index (χ1) is 10.2. The highest BCUT2D eigenvalue weighted by Crippen LogP contribution is 2.38. The van der Waals surface area contributed by atoms with Crippen LogP contribution in [0.5, 0.6) is 5.75 Å². The van der Waals surface area contributed by atoms with Gasteiger partial charge in [0.1, 0.15) is 0 Å². The summed E-state index contributed by atoms with van der Waals surface area (Å²) >= 11 is 0. The lowest BCUT2D eigenvalue weighted by atomic mass is 9.77. The summed E-state index contributed by atoms with van der Waals surface area (Å²) in [6.07, 6.45) is 3.39. The zero-order valence-electron chi connectivity index (χ0n) is 13.7. The minimum atomic E-state index is -0.511. The fourth-order valence-corrected chi connectivity index (χ4v) is 2.19. The van der Waals surface area contributed by atoms with Crippen molar-refractivity contribution in [2.24, 2.45) is 0 Å². The van der Waals surface area contributed by atoms with Gasteiger partial charge in [0.05, 0.1) is 11.2 Å². The van der Waals surface area contributed by atoms with Gasteiger partial charge in [0.15, 0.2) is 5.75 Å². The second kappa shape index (κ2) is 5.91. The van der Waals surface area contributed by atoms with E-state index in [1.54, 1.807) is 6.20 Å². The average molecular weight is 306 g/mol. The third-order valence-corrected chi connectivity index (χ3v) is 4.19. The number of pyridine rings is 1. The van der Waals surface area contributed by atoms with E-state index in [2.05, 4.69) is 10.3 Å². The van der Waals surface area contributed by atoms with Crippen LogP contribution in [0.2, 0.25) is 0 Å². The quantitative estimate of drug-likeness (QED) is 0.731. The van der Waals surface area contributed by atoms with Crippen molar-refractivity contribution in [1.29, 1.82) is 0 Å². The van der Waals surface area contributed by atoms with Crippen molar-refractivity contribution < 1.29 is 14.4 Å². The first-order valence-electron chi connectivity index (χ1n) is 7.29. The van der Waals surface area contributed by atoms with Crippen molar-refractivity contribution in [3.63, 3.8) is 0 Å². The van der Waals surface area contributed by atoms with Crippen molar-refractivity contribution in [2.75, 3.05) is 13.6 Å². The third kappa shape index (κ3) is 3.26. The van der Waals surface area contributed by atoms with Crippen molar-refractivity contribution in [2.45, 2.75) is 38.9 Å². The molecule has 2 heterocycles. The maximum absolute atomic E-state index is 11.2. The van der Waals surface area contributed by atoms with Gasteiger partial charge < -0.3 is 24.7 Å². The van der Waals surface area contributed by atoms with Crippen LogP contribution < -0.4 is 10.9 Å². The molecule has 1 saturated heterocycles. The number of aromatic hydroxyl groups is 1. The molecule has 0 radical (unpaired) electrons. The van der Waals surface area contributed by atoms with Gasteiger partial charge in [0.25, 0.3) is 5.56 Å². The van der Waals surface area contributed by atoms with E-state index in [1.807, 2.05) is 40.8 Å². The molecule has 0 atom stereocenters. The molecule has 1 aromatic rings. The van der Waals surface area contributed by atoms with Crippen LogP contribution in [-0.2, 0) is 9.31 Å². The van der Waals surface area contributed by atoms with Gasteiger partial charge in [-0.2, -0.15) is 0 Å². The maximum Gasteiger partial charge on any atom is 0.491 e. The van der Waals surface area contributed by atoms with E-state index >= 15 is 0 Å². The molecule has 0 unspecified atom stereocenters.